The number of aromatic nitrogens is 1. The van der Waals surface area contributed by atoms with Crippen molar-refractivity contribution < 1.29 is 28.5 Å². The summed E-state index contributed by atoms with van der Waals surface area (Å²) in [5.41, 5.74) is 3.90. The zero-order chi connectivity index (χ0) is 17.9. The molecule has 2 aromatic carbocycles. The van der Waals surface area contributed by atoms with Crippen LogP contribution in [0.5, 0.6) is 0 Å². The first kappa shape index (κ1) is 20.9. The topological polar surface area (TPSA) is 7.12 Å². The second kappa shape index (κ2) is 9.60. The lowest BCUT2D eigenvalue weighted by molar-refractivity contribution is -0.644. The van der Waals surface area contributed by atoms with E-state index in [-0.39, 0.29) is 24.0 Å². The molecule has 2 nitrogen and oxygen atoms in total. The third-order valence-corrected chi connectivity index (χ3v) is 6.63. The number of alkyl halides is 1. The maximum Gasteiger partial charge on any atom is 0.212 e. The molecule has 0 radical (unpaired) electrons. The quantitative estimate of drug-likeness (QED) is 0.193. The molecular weight excluding hydrogens is 578 g/mol. The highest BCUT2D eigenvalue weighted by Crippen LogP contribution is 2.46. The van der Waals surface area contributed by atoms with Crippen molar-refractivity contribution in [3.63, 3.8) is 0 Å². The minimum atomic E-state index is 0. The summed E-state index contributed by atoms with van der Waals surface area (Å²) in [5, 5.41) is 2.63. The van der Waals surface area contributed by atoms with Gasteiger partial charge in [0.2, 0.25) is 5.52 Å². The van der Waals surface area contributed by atoms with Crippen LogP contribution in [-0.4, -0.2) is 11.0 Å². The van der Waals surface area contributed by atoms with Crippen LogP contribution in [0.1, 0.15) is 18.4 Å². The summed E-state index contributed by atoms with van der Waals surface area (Å²) >= 11 is 4.36. The molecule has 4 rings (SSSR count). The first-order valence-corrected chi connectivity index (χ1v) is 11.3. The normalized spacial score (nSPS) is 14.4. The Morgan fingerprint density at radius 2 is 1.81 bits per heavy atom. The van der Waals surface area contributed by atoms with Crippen LogP contribution in [0, 0.1) is 0 Å². The molecule has 0 amide bonds. The number of unbranched alkanes of at least 4 members (excludes halogenated alkanes) is 1. The molecule has 0 atom stereocenters. The second-order valence-corrected chi connectivity index (χ2v) is 8.64. The molecule has 1 aliphatic rings. The number of halogens is 2. The molecule has 2 heterocycles. The SMILES string of the molecule is C[n+]1ccc(/C=C2\Sc3ccccc3N2CCCCI)c2ccccc21.[I-]. The number of rotatable bonds is 5. The van der Waals surface area contributed by atoms with E-state index in [1.54, 1.807) is 0 Å². The molecule has 0 aliphatic carbocycles. The van der Waals surface area contributed by atoms with Gasteiger partial charge in [-0.1, -0.05) is 58.6 Å². The summed E-state index contributed by atoms with van der Waals surface area (Å²) in [6, 6.07) is 19.6. The largest absolute Gasteiger partial charge is 1.00 e. The molecule has 0 saturated carbocycles. The number of hydrogen-bond donors (Lipinski definition) is 0. The molecule has 0 fully saturated rings. The fourth-order valence-electron chi connectivity index (χ4n) is 3.40. The van der Waals surface area contributed by atoms with Crippen LogP contribution in [0.3, 0.4) is 0 Å². The zero-order valence-electron chi connectivity index (χ0n) is 15.2. The third kappa shape index (κ3) is 4.45. The maximum absolute atomic E-state index is 2.49. The fraction of sp³-hybridized carbons (Fsp3) is 0.227. The lowest BCUT2D eigenvalue weighted by atomic mass is 10.1. The summed E-state index contributed by atoms with van der Waals surface area (Å²) in [7, 11) is 2.11. The number of pyridine rings is 1. The number of benzene rings is 2. The number of anilines is 1. The van der Waals surface area contributed by atoms with Gasteiger partial charge in [-0.3, -0.25) is 0 Å². The maximum atomic E-state index is 2.49. The molecule has 0 bridgehead atoms. The van der Waals surface area contributed by atoms with Crippen molar-refractivity contribution in [1.82, 2.24) is 0 Å². The summed E-state index contributed by atoms with van der Waals surface area (Å²) in [4.78, 5) is 3.85. The average molecular weight is 600 g/mol. The van der Waals surface area contributed by atoms with Gasteiger partial charge in [-0.05, 0) is 47.1 Å². The van der Waals surface area contributed by atoms with Crippen molar-refractivity contribution in [2.75, 3.05) is 15.9 Å². The monoisotopic (exact) mass is 600 g/mol. The van der Waals surface area contributed by atoms with Gasteiger partial charge in [0.25, 0.3) is 0 Å². The molecule has 140 valence electrons. The van der Waals surface area contributed by atoms with Crippen molar-refractivity contribution in [3.8, 4) is 0 Å². The van der Waals surface area contributed by atoms with Gasteiger partial charge in [-0.25, -0.2) is 4.57 Å². The van der Waals surface area contributed by atoms with E-state index in [1.165, 1.54) is 49.3 Å². The number of fused-ring (bicyclic) bond motifs is 2. The zero-order valence-corrected chi connectivity index (χ0v) is 20.4. The van der Waals surface area contributed by atoms with Crippen LogP contribution < -0.4 is 33.4 Å². The molecule has 27 heavy (non-hydrogen) atoms. The lowest BCUT2D eigenvalue weighted by Crippen LogP contribution is -3.00. The first-order chi connectivity index (χ1) is 12.8. The summed E-state index contributed by atoms with van der Waals surface area (Å²) in [6.07, 6.45) is 7.00. The molecule has 1 aromatic heterocycles. The minimum Gasteiger partial charge on any atom is -1.00 e. The predicted octanol–water partition coefficient (Wildman–Crippen LogP) is 2.79. The molecule has 0 unspecified atom stereocenters. The summed E-state index contributed by atoms with van der Waals surface area (Å²) in [6.45, 7) is 1.08. The highest BCUT2D eigenvalue weighted by Gasteiger charge is 2.24. The lowest BCUT2D eigenvalue weighted by Gasteiger charge is -2.20. The Balaban J connectivity index is 0.00000210. The highest BCUT2D eigenvalue weighted by molar-refractivity contribution is 14.1. The fourth-order valence-corrected chi connectivity index (χ4v) is 5.08. The Hall–Kier alpha value is -0.800. The van der Waals surface area contributed by atoms with Gasteiger partial charge in [0.1, 0.15) is 7.05 Å². The van der Waals surface area contributed by atoms with E-state index in [0.29, 0.717) is 0 Å². The van der Waals surface area contributed by atoms with Crippen LogP contribution in [0.2, 0.25) is 0 Å². The van der Waals surface area contributed by atoms with Crippen molar-refractivity contribution in [1.29, 1.82) is 0 Å². The van der Waals surface area contributed by atoms with E-state index in [9.17, 15) is 0 Å². The number of aryl methyl sites for hydroxylation is 1. The Kier molecular flexibility index (Phi) is 7.44. The molecular formula is C22H22I2N2S. The highest BCUT2D eigenvalue weighted by atomic mass is 127. The van der Waals surface area contributed by atoms with Crippen LogP contribution in [-0.2, 0) is 7.05 Å². The summed E-state index contributed by atoms with van der Waals surface area (Å²) < 4.78 is 3.41. The molecule has 5 heteroatoms. The predicted molar refractivity (Wildman–Crippen MR) is 121 cm³/mol. The van der Waals surface area contributed by atoms with Crippen LogP contribution in [0.4, 0.5) is 5.69 Å². The van der Waals surface area contributed by atoms with Crippen LogP contribution in [0.15, 0.2) is 70.7 Å². The van der Waals surface area contributed by atoms with E-state index in [0.717, 1.165) is 6.54 Å². The molecule has 0 N–H and O–H groups in total. The van der Waals surface area contributed by atoms with Gasteiger partial charge in [-0.2, -0.15) is 0 Å². The van der Waals surface area contributed by atoms with Gasteiger partial charge in [0.05, 0.1) is 16.1 Å². The summed E-state index contributed by atoms with van der Waals surface area (Å²) in [5.74, 6) is 0. The van der Waals surface area contributed by atoms with Crippen molar-refractivity contribution >= 4 is 57.0 Å². The van der Waals surface area contributed by atoms with E-state index in [1.807, 2.05) is 11.8 Å². The molecule has 0 spiro atoms. The number of hydrogen-bond acceptors (Lipinski definition) is 2. The van der Waals surface area contributed by atoms with E-state index in [2.05, 4.69) is 106 Å². The molecule has 0 saturated heterocycles. The number of para-hydroxylation sites is 2. The van der Waals surface area contributed by atoms with Crippen molar-refractivity contribution in [3.05, 3.63) is 71.4 Å². The van der Waals surface area contributed by atoms with Gasteiger partial charge in [-0.15, -0.1) is 0 Å². The first-order valence-electron chi connectivity index (χ1n) is 8.97. The third-order valence-electron chi connectivity index (χ3n) is 4.75. The van der Waals surface area contributed by atoms with Crippen molar-refractivity contribution in [2.45, 2.75) is 17.7 Å². The van der Waals surface area contributed by atoms with Gasteiger partial charge in [0, 0.05) is 23.6 Å². The standard InChI is InChI=1S/C22H22IN2S.HI/c1-24-15-12-17(18-8-2-3-9-19(18)24)16-22-25(14-7-6-13-23)20-10-4-5-11-21(20)26-22;/h2-5,8-12,15-16H,6-7,13-14H2,1H3;1H/q+1;/p-1. The molecule has 3 aromatic rings. The van der Waals surface area contributed by atoms with Crippen LogP contribution >= 0.6 is 34.4 Å². The molecule has 1 aliphatic heterocycles. The van der Waals surface area contributed by atoms with E-state index in [4.69, 9.17) is 0 Å². The van der Waals surface area contributed by atoms with Gasteiger partial charge >= 0.3 is 0 Å². The second-order valence-electron chi connectivity index (χ2n) is 6.50. The number of thioether (sulfide) groups is 1. The Morgan fingerprint density at radius 1 is 1.04 bits per heavy atom. The van der Waals surface area contributed by atoms with Gasteiger partial charge < -0.3 is 28.9 Å². The Morgan fingerprint density at radius 3 is 2.67 bits per heavy atom. The van der Waals surface area contributed by atoms with E-state index >= 15 is 0 Å². The Labute approximate surface area is 196 Å². The smallest absolute Gasteiger partial charge is 0.212 e. The Bertz CT molecular complexity index is 971. The number of nitrogens with zero attached hydrogens (tertiary/aromatic N) is 2. The van der Waals surface area contributed by atoms with Crippen molar-refractivity contribution in [2.24, 2.45) is 7.05 Å². The van der Waals surface area contributed by atoms with Gasteiger partial charge in [0.15, 0.2) is 6.20 Å². The van der Waals surface area contributed by atoms with E-state index < -0.39 is 0 Å². The average Bonchev–Trinajstić information content (AvgIpc) is 3.02. The van der Waals surface area contributed by atoms with Crippen LogP contribution in [0.25, 0.3) is 17.0 Å². The minimum absolute atomic E-state index is 0.